The van der Waals surface area contributed by atoms with Crippen LogP contribution in [0.3, 0.4) is 0 Å². The van der Waals surface area contributed by atoms with E-state index in [1.807, 2.05) is 12.1 Å². The van der Waals surface area contributed by atoms with E-state index in [1.165, 1.54) is 54.6 Å². The number of fused-ring (bicyclic) bond motifs is 6. The van der Waals surface area contributed by atoms with Crippen molar-refractivity contribution in [3.05, 3.63) is 188 Å². The van der Waals surface area contributed by atoms with Crippen LogP contribution in [0.4, 0.5) is 17.1 Å². The number of hydrogen-bond donors (Lipinski definition) is 0. The minimum absolute atomic E-state index is 0.880. The summed E-state index contributed by atoms with van der Waals surface area (Å²) >= 11 is 0. The molecule has 50 heavy (non-hydrogen) atoms. The van der Waals surface area contributed by atoms with Crippen LogP contribution in [0.15, 0.2) is 192 Å². The maximum absolute atomic E-state index is 6.34. The van der Waals surface area contributed by atoms with E-state index < -0.39 is 0 Å². The lowest BCUT2D eigenvalue weighted by molar-refractivity contribution is 0.669. The molecule has 234 valence electrons. The molecule has 1 heterocycles. The third kappa shape index (κ3) is 4.73. The van der Waals surface area contributed by atoms with Crippen LogP contribution in [0.25, 0.3) is 76.5 Å². The van der Waals surface area contributed by atoms with Gasteiger partial charge in [-0.1, -0.05) is 133 Å². The van der Waals surface area contributed by atoms with Crippen LogP contribution in [0, 0.1) is 0 Å². The summed E-state index contributed by atoms with van der Waals surface area (Å²) in [4.78, 5) is 2.38. The summed E-state index contributed by atoms with van der Waals surface area (Å²) in [6.45, 7) is 0. The first-order valence-corrected chi connectivity index (χ1v) is 17.1. The number of benzene rings is 9. The maximum atomic E-state index is 6.34. The highest BCUT2D eigenvalue weighted by atomic mass is 16.3. The minimum atomic E-state index is 0.880. The van der Waals surface area contributed by atoms with Crippen LogP contribution in [0.1, 0.15) is 0 Å². The number of nitrogens with zero attached hydrogens (tertiary/aromatic N) is 1. The van der Waals surface area contributed by atoms with E-state index in [1.54, 1.807) is 0 Å². The molecule has 0 saturated heterocycles. The highest BCUT2D eigenvalue weighted by Crippen LogP contribution is 2.45. The van der Waals surface area contributed by atoms with Crippen LogP contribution in [0.5, 0.6) is 0 Å². The van der Waals surface area contributed by atoms with Gasteiger partial charge in [-0.2, -0.15) is 0 Å². The third-order valence-corrected chi connectivity index (χ3v) is 10.0. The van der Waals surface area contributed by atoms with Crippen LogP contribution >= 0.6 is 0 Å². The molecule has 2 nitrogen and oxygen atoms in total. The molecule has 0 saturated carbocycles. The van der Waals surface area contributed by atoms with Gasteiger partial charge >= 0.3 is 0 Å². The van der Waals surface area contributed by atoms with Crippen molar-refractivity contribution < 1.29 is 4.42 Å². The summed E-state index contributed by atoms with van der Waals surface area (Å²) in [6.07, 6.45) is 0. The quantitative estimate of drug-likeness (QED) is 0.187. The number of anilines is 3. The van der Waals surface area contributed by atoms with Crippen molar-refractivity contribution in [1.29, 1.82) is 0 Å². The summed E-state index contributed by atoms with van der Waals surface area (Å²) in [5, 5.41) is 9.61. The monoisotopic (exact) mass is 637 g/mol. The Morgan fingerprint density at radius 1 is 0.320 bits per heavy atom. The van der Waals surface area contributed by atoms with Crippen molar-refractivity contribution in [3.8, 4) is 22.3 Å². The van der Waals surface area contributed by atoms with Crippen molar-refractivity contribution in [2.45, 2.75) is 0 Å². The van der Waals surface area contributed by atoms with Gasteiger partial charge in [-0.25, -0.2) is 0 Å². The van der Waals surface area contributed by atoms with Gasteiger partial charge < -0.3 is 9.32 Å². The minimum Gasteiger partial charge on any atom is -0.456 e. The second kappa shape index (κ2) is 11.5. The fourth-order valence-electron chi connectivity index (χ4n) is 7.53. The lowest BCUT2D eigenvalue weighted by Crippen LogP contribution is -2.10. The van der Waals surface area contributed by atoms with Crippen LogP contribution in [-0.2, 0) is 0 Å². The normalized spacial score (nSPS) is 11.6. The lowest BCUT2D eigenvalue weighted by Gasteiger charge is -2.27. The Balaban J connectivity index is 1.06. The van der Waals surface area contributed by atoms with Gasteiger partial charge in [0.1, 0.15) is 11.2 Å². The molecule has 0 N–H and O–H groups in total. The summed E-state index contributed by atoms with van der Waals surface area (Å²) < 4.78 is 6.34. The Morgan fingerprint density at radius 3 is 1.58 bits per heavy atom. The molecule has 0 fully saturated rings. The SMILES string of the molecule is c1ccc2cc(-c3ccc4cc(-c5ccc(N(c6cccc7ccccc67)c6cccc7oc8ccccc8c67)cc5)ccc4c3)ccc2c1. The molecule has 0 amide bonds. The average molecular weight is 638 g/mol. The molecule has 2 heteroatoms. The molecule has 0 aliphatic heterocycles. The van der Waals surface area contributed by atoms with E-state index >= 15 is 0 Å². The summed E-state index contributed by atoms with van der Waals surface area (Å²) in [7, 11) is 0. The summed E-state index contributed by atoms with van der Waals surface area (Å²) in [6, 6.07) is 67.6. The van der Waals surface area contributed by atoms with E-state index in [4.69, 9.17) is 4.42 Å². The molecular weight excluding hydrogens is 607 g/mol. The zero-order valence-corrected chi connectivity index (χ0v) is 27.3. The smallest absolute Gasteiger partial charge is 0.137 e. The molecule has 9 aromatic carbocycles. The Bertz CT molecular complexity index is 2870. The van der Waals surface area contributed by atoms with Crippen LogP contribution in [-0.4, -0.2) is 0 Å². The fraction of sp³-hybridized carbons (Fsp3) is 0. The first-order valence-electron chi connectivity index (χ1n) is 17.1. The molecule has 0 radical (unpaired) electrons. The molecule has 0 bridgehead atoms. The standard InChI is InChI=1S/C48H31NO/c1-2-11-35-29-37(20-19-32(35)9-1)40-24-23-38-30-36(21-22-39(38)31-40)33-25-27-41(28-26-33)49(44-15-7-12-34-10-3-4-13-42(34)44)45-16-8-18-47-48(45)43-14-5-6-17-46(43)50-47/h1-31H. The second-order valence-electron chi connectivity index (χ2n) is 13.0. The predicted octanol–water partition coefficient (Wildman–Crippen LogP) is 13.8. The van der Waals surface area contributed by atoms with Crippen molar-refractivity contribution in [2.75, 3.05) is 4.90 Å². The largest absolute Gasteiger partial charge is 0.456 e. The van der Waals surface area contributed by atoms with Gasteiger partial charge in [0, 0.05) is 16.5 Å². The van der Waals surface area contributed by atoms with E-state index in [9.17, 15) is 0 Å². The van der Waals surface area contributed by atoms with Gasteiger partial charge in [-0.3, -0.25) is 0 Å². The summed E-state index contributed by atoms with van der Waals surface area (Å²) in [5.74, 6) is 0. The first kappa shape index (κ1) is 28.4. The van der Waals surface area contributed by atoms with Crippen molar-refractivity contribution >= 4 is 71.3 Å². The predicted molar refractivity (Wildman–Crippen MR) is 212 cm³/mol. The zero-order chi connectivity index (χ0) is 33.0. The Labute approximate surface area is 290 Å². The van der Waals surface area contributed by atoms with Crippen molar-refractivity contribution in [2.24, 2.45) is 0 Å². The molecule has 0 aliphatic carbocycles. The van der Waals surface area contributed by atoms with Gasteiger partial charge in [0.15, 0.2) is 0 Å². The maximum Gasteiger partial charge on any atom is 0.137 e. The number of para-hydroxylation sites is 1. The first-order chi connectivity index (χ1) is 24.8. The summed E-state index contributed by atoms with van der Waals surface area (Å²) in [5.41, 5.74) is 9.92. The van der Waals surface area contributed by atoms with E-state index in [0.717, 1.165) is 39.0 Å². The number of hydrogen-bond acceptors (Lipinski definition) is 2. The molecule has 0 unspecified atom stereocenters. The van der Waals surface area contributed by atoms with Gasteiger partial charge in [-0.05, 0) is 104 Å². The zero-order valence-electron chi connectivity index (χ0n) is 27.3. The second-order valence-corrected chi connectivity index (χ2v) is 13.0. The van der Waals surface area contributed by atoms with E-state index in [0.29, 0.717) is 0 Å². The van der Waals surface area contributed by atoms with Gasteiger partial charge in [-0.15, -0.1) is 0 Å². The number of rotatable bonds is 5. The Kier molecular flexibility index (Phi) is 6.53. The van der Waals surface area contributed by atoms with E-state index in [-0.39, 0.29) is 0 Å². The average Bonchev–Trinajstić information content (AvgIpc) is 3.57. The van der Waals surface area contributed by atoms with Gasteiger partial charge in [0.25, 0.3) is 0 Å². The molecule has 0 atom stereocenters. The molecule has 10 aromatic rings. The Morgan fingerprint density at radius 2 is 0.820 bits per heavy atom. The highest BCUT2D eigenvalue weighted by molar-refractivity contribution is 6.14. The molecule has 1 aromatic heterocycles. The molecule has 0 aliphatic rings. The van der Waals surface area contributed by atoms with Gasteiger partial charge in [0.2, 0.25) is 0 Å². The third-order valence-electron chi connectivity index (χ3n) is 10.0. The van der Waals surface area contributed by atoms with Crippen LogP contribution < -0.4 is 4.90 Å². The molecule has 0 spiro atoms. The fourth-order valence-corrected chi connectivity index (χ4v) is 7.53. The van der Waals surface area contributed by atoms with Crippen molar-refractivity contribution in [1.82, 2.24) is 0 Å². The highest BCUT2D eigenvalue weighted by Gasteiger charge is 2.20. The lowest BCUT2D eigenvalue weighted by atomic mass is 9.96. The molecular formula is C48H31NO. The topological polar surface area (TPSA) is 16.4 Å². The van der Waals surface area contributed by atoms with Crippen molar-refractivity contribution in [3.63, 3.8) is 0 Å². The Hall–Kier alpha value is -6.64. The number of furan rings is 1. The van der Waals surface area contributed by atoms with Gasteiger partial charge in [0.05, 0.1) is 16.8 Å². The molecule has 10 rings (SSSR count). The van der Waals surface area contributed by atoms with E-state index in [2.05, 4.69) is 181 Å². The van der Waals surface area contributed by atoms with Crippen LogP contribution in [0.2, 0.25) is 0 Å².